The Balaban J connectivity index is 2.27. The third-order valence-corrected chi connectivity index (χ3v) is 5.35. The Bertz CT molecular complexity index is 328. The van der Waals surface area contributed by atoms with Crippen LogP contribution in [0.25, 0.3) is 0 Å². The van der Waals surface area contributed by atoms with Gasteiger partial charge in [0.25, 0.3) is 0 Å². The average molecular weight is 240 g/mol. The molecule has 2 bridgehead atoms. The topological polar surface area (TPSA) is 54.4 Å². The van der Waals surface area contributed by atoms with Crippen LogP contribution in [-0.2, 0) is 9.84 Å². The van der Waals surface area contributed by atoms with Crippen LogP contribution in [0.3, 0.4) is 0 Å². The van der Waals surface area contributed by atoms with E-state index in [1.807, 2.05) is 0 Å². The second-order valence-electron chi connectivity index (χ2n) is 4.71. The van der Waals surface area contributed by atoms with Crippen LogP contribution in [0.5, 0.6) is 0 Å². The molecule has 15 heavy (non-hydrogen) atoms. The van der Waals surface area contributed by atoms with Crippen molar-refractivity contribution < 1.29 is 22.3 Å². The molecule has 1 heterocycles. The number of rotatable bonds is 1. The molecule has 6 heteroatoms. The van der Waals surface area contributed by atoms with Gasteiger partial charge in [0, 0.05) is 19.4 Å². The summed E-state index contributed by atoms with van der Waals surface area (Å²) in [5.74, 6) is -4.52. The highest BCUT2D eigenvalue weighted by atomic mass is 32.2. The maximum absolute atomic E-state index is 13.2. The van der Waals surface area contributed by atoms with Gasteiger partial charge in [0.1, 0.15) is 0 Å². The fourth-order valence-electron chi connectivity index (χ4n) is 2.92. The van der Waals surface area contributed by atoms with Gasteiger partial charge in [0.2, 0.25) is 5.92 Å². The minimum absolute atomic E-state index is 0.180. The van der Waals surface area contributed by atoms with Crippen LogP contribution in [0.2, 0.25) is 0 Å². The Hall–Kier alpha value is -0.230. The monoisotopic (exact) mass is 240 g/mol. The van der Waals surface area contributed by atoms with Gasteiger partial charge in [-0.05, 0) is 17.8 Å². The van der Waals surface area contributed by atoms with Crippen LogP contribution in [-0.4, -0.2) is 37.6 Å². The third-order valence-electron chi connectivity index (χ3n) is 3.48. The van der Waals surface area contributed by atoms with Crippen LogP contribution >= 0.6 is 0 Å². The SMILES string of the molecule is O=S1(=O)CC2CC(F)(F)CC(C1)C2CO. The molecule has 1 N–H and O–H groups in total. The average Bonchev–Trinajstić information content (AvgIpc) is 1.97. The lowest BCUT2D eigenvalue weighted by molar-refractivity contribution is -0.0963. The van der Waals surface area contributed by atoms with Gasteiger partial charge in [-0.3, -0.25) is 0 Å². The van der Waals surface area contributed by atoms with Crippen molar-refractivity contribution in [3.63, 3.8) is 0 Å². The molecular weight excluding hydrogens is 226 g/mol. The molecule has 2 unspecified atom stereocenters. The van der Waals surface area contributed by atoms with E-state index in [9.17, 15) is 17.2 Å². The first-order valence-electron chi connectivity index (χ1n) is 5.02. The Kier molecular flexibility index (Phi) is 2.54. The molecule has 0 aromatic carbocycles. The number of sulfone groups is 1. The second kappa shape index (κ2) is 3.38. The summed E-state index contributed by atoms with van der Waals surface area (Å²) in [4.78, 5) is 0. The summed E-state index contributed by atoms with van der Waals surface area (Å²) in [6.45, 7) is -0.180. The predicted molar refractivity (Wildman–Crippen MR) is 50.4 cm³/mol. The minimum atomic E-state index is -3.18. The maximum Gasteiger partial charge on any atom is 0.248 e. The molecular formula is C9H14F2O3S. The molecule has 0 amide bonds. The van der Waals surface area contributed by atoms with Crippen molar-refractivity contribution in [2.45, 2.75) is 18.8 Å². The Morgan fingerprint density at radius 1 is 1.20 bits per heavy atom. The largest absolute Gasteiger partial charge is 0.396 e. The summed E-state index contributed by atoms with van der Waals surface area (Å²) in [5, 5.41) is 9.10. The first kappa shape index (κ1) is 11.3. The zero-order valence-electron chi connectivity index (χ0n) is 8.20. The second-order valence-corrected chi connectivity index (χ2v) is 6.86. The van der Waals surface area contributed by atoms with Gasteiger partial charge in [-0.1, -0.05) is 0 Å². The van der Waals surface area contributed by atoms with Crippen LogP contribution in [0.4, 0.5) is 8.78 Å². The maximum atomic E-state index is 13.2. The molecule has 0 radical (unpaired) electrons. The summed E-state index contributed by atoms with van der Waals surface area (Å²) < 4.78 is 49.2. The highest BCUT2D eigenvalue weighted by Gasteiger charge is 2.51. The van der Waals surface area contributed by atoms with Gasteiger partial charge in [0.05, 0.1) is 11.5 Å². The molecule has 1 aliphatic heterocycles. The molecule has 2 atom stereocenters. The molecule has 0 spiro atoms. The van der Waals surface area contributed by atoms with Crippen LogP contribution in [0.1, 0.15) is 12.8 Å². The van der Waals surface area contributed by atoms with Gasteiger partial charge in [-0.15, -0.1) is 0 Å². The molecule has 0 aromatic heterocycles. The van der Waals surface area contributed by atoms with Gasteiger partial charge in [0.15, 0.2) is 9.84 Å². The molecule has 1 saturated carbocycles. The zero-order valence-corrected chi connectivity index (χ0v) is 9.01. The lowest BCUT2D eigenvalue weighted by atomic mass is 9.72. The highest BCUT2D eigenvalue weighted by Crippen LogP contribution is 2.47. The van der Waals surface area contributed by atoms with Crippen LogP contribution in [0.15, 0.2) is 0 Å². The first-order valence-corrected chi connectivity index (χ1v) is 6.84. The van der Waals surface area contributed by atoms with E-state index < -0.39 is 40.4 Å². The molecule has 3 nitrogen and oxygen atoms in total. The van der Waals surface area contributed by atoms with Gasteiger partial charge < -0.3 is 5.11 Å². The van der Waals surface area contributed by atoms with E-state index in [1.54, 1.807) is 0 Å². The molecule has 2 fully saturated rings. The zero-order chi connectivity index (χ0) is 11.3. The van der Waals surface area contributed by atoms with Gasteiger partial charge in [-0.25, -0.2) is 17.2 Å². The number of halogens is 2. The number of hydrogen-bond acceptors (Lipinski definition) is 3. The van der Waals surface area contributed by atoms with Crippen LogP contribution in [0, 0.1) is 17.8 Å². The van der Waals surface area contributed by atoms with Crippen molar-refractivity contribution in [1.29, 1.82) is 0 Å². The number of aliphatic hydroxyl groups is 1. The van der Waals surface area contributed by atoms with Gasteiger partial charge in [-0.2, -0.15) is 0 Å². The molecule has 0 aromatic rings. The molecule has 1 saturated heterocycles. The number of aliphatic hydroxyl groups excluding tert-OH is 1. The van der Waals surface area contributed by atoms with E-state index in [2.05, 4.69) is 0 Å². The number of alkyl halides is 2. The minimum Gasteiger partial charge on any atom is -0.396 e. The summed E-state index contributed by atoms with van der Waals surface area (Å²) in [5.41, 5.74) is 0. The number of hydrogen-bond donors (Lipinski definition) is 1. The summed E-state index contributed by atoms with van der Waals surface area (Å²) >= 11 is 0. The number of fused-ring (bicyclic) bond motifs is 2. The predicted octanol–water partition coefficient (Wildman–Crippen LogP) is 0.685. The molecule has 2 rings (SSSR count). The lowest BCUT2D eigenvalue weighted by Gasteiger charge is -2.44. The quantitative estimate of drug-likeness (QED) is 0.733. The van der Waals surface area contributed by atoms with E-state index in [0.717, 1.165) is 0 Å². The fraction of sp³-hybridized carbons (Fsp3) is 1.00. The van der Waals surface area contributed by atoms with Crippen LogP contribution < -0.4 is 0 Å². The van der Waals surface area contributed by atoms with E-state index in [4.69, 9.17) is 5.11 Å². The normalized spacial score (nSPS) is 42.5. The smallest absolute Gasteiger partial charge is 0.248 e. The first-order chi connectivity index (χ1) is 6.83. The Morgan fingerprint density at radius 2 is 1.67 bits per heavy atom. The fourth-order valence-corrected chi connectivity index (χ4v) is 5.09. The highest BCUT2D eigenvalue weighted by molar-refractivity contribution is 7.91. The summed E-state index contributed by atoms with van der Waals surface area (Å²) in [6.07, 6.45) is -0.790. The van der Waals surface area contributed by atoms with Crippen molar-refractivity contribution >= 4 is 9.84 Å². The van der Waals surface area contributed by atoms with Crippen molar-refractivity contribution in [2.75, 3.05) is 18.1 Å². The Labute approximate surface area is 87.4 Å². The lowest BCUT2D eigenvalue weighted by Crippen LogP contribution is -2.50. The molecule has 88 valence electrons. The van der Waals surface area contributed by atoms with E-state index in [0.29, 0.717) is 0 Å². The van der Waals surface area contributed by atoms with Gasteiger partial charge >= 0.3 is 0 Å². The van der Waals surface area contributed by atoms with E-state index >= 15 is 0 Å². The molecule has 1 aliphatic carbocycles. The Morgan fingerprint density at radius 3 is 2.07 bits per heavy atom. The summed E-state index contributed by atoms with van der Waals surface area (Å²) in [6, 6.07) is 0. The van der Waals surface area contributed by atoms with Crippen molar-refractivity contribution in [1.82, 2.24) is 0 Å². The standard InChI is InChI=1S/C9H14F2O3S/c10-9(11)1-6-4-15(13,14)5-7(2-9)8(6)3-12/h6-8,12H,1-5H2. The van der Waals surface area contributed by atoms with Crippen molar-refractivity contribution in [3.8, 4) is 0 Å². The summed E-state index contributed by atoms with van der Waals surface area (Å²) in [7, 11) is -3.18. The van der Waals surface area contributed by atoms with Crippen molar-refractivity contribution in [3.05, 3.63) is 0 Å². The van der Waals surface area contributed by atoms with E-state index in [1.165, 1.54) is 0 Å². The third kappa shape index (κ3) is 2.15. The van der Waals surface area contributed by atoms with E-state index in [-0.39, 0.29) is 24.0 Å². The van der Waals surface area contributed by atoms with Crippen molar-refractivity contribution in [2.24, 2.45) is 17.8 Å². The molecule has 2 aliphatic rings.